The average Bonchev–Trinajstić information content (AvgIpc) is 3.69. The maximum absolute atomic E-state index is 14.0. The first-order valence-electron chi connectivity index (χ1n) is 24.2. The highest BCUT2D eigenvalue weighted by Crippen LogP contribution is 2.70. The molecule has 8 aliphatic rings. The number of esters is 3. The van der Waals surface area contributed by atoms with E-state index >= 15 is 0 Å². The predicted molar refractivity (Wildman–Crippen MR) is 237 cm³/mol. The van der Waals surface area contributed by atoms with Gasteiger partial charge in [0, 0.05) is 33.5 Å². The van der Waals surface area contributed by atoms with Crippen LogP contribution in [0.15, 0.2) is 47.6 Å². The summed E-state index contributed by atoms with van der Waals surface area (Å²) in [7, 11) is 0. The number of aliphatic hydroxyl groups is 3. The van der Waals surface area contributed by atoms with Gasteiger partial charge in [-0.1, -0.05) is 64.8 Å². The van der Waals surface area contributed by atoms with Gasteiger partial charge in [0.15, 0.2) is 24.8 Å². The number of aliphatic hydroxyl groups excluding tert-OH is 1. The van der Waals surface area contributed by atoms with E-state index in [1.54, 1.807) is 25.2 Å². The van der Waals surface area contributed by atoms with Crippen molar-refractivity contribution in [3.05, 3.63) is 47.6 Å². The van der Waals surface area contributed by atoms with Gasteiger partial charge in [0.05, 0.1) is 31.8 Å². The number of aliphatic carboxylic acids is 1. The summed E-state index contributed by atoms with van der Waals surface area (Å²) in [6.45, 7) is 10.3. The Morgan fingerprint density at radius 1 is 0.642 bits per heavy atom. The van der Waals surface area contributed by atoms with Gasteiger partial charge in [0.2, 0.25) is 11.6 Å². The van der Waals surface area contributed by atoms with E-state index in [2.05, 4.69) is 13.8 Å². The Morgan fingerprint density at radius 3 is 1.57 bits per heavy atom. The van der Waals surface area contributed by atoms with E-state index in [-0.39, 0.29) is 84.6 Å². The summed E-state index contributed by atoms with van der Waals surface area (Å²) in [4.78, 5) is 103. The van der Waals surface area contributed by atoms with E-state index in [0.717, 1.165) is 11.1 Å². The topological polar surface area (TPSA) is 245 Å². The average molecular weight is 931 g/mol. The largest absolute Gasteiger partial charge is 0.481 e. The minimum atomic E-state index is -1.98. The number of ketones is 4. The van der Waals surface area contributed by atoms with Crippen molar-refractivity contribution in [3.8, 4) is 0 Å². The monoisotopic (exact) mass is 930 g/mol. The SMILES string of the molecule is C[C@@H]1C[C@H]2[C@@H]([C@H](OC(=O)CCC(=O)OCC(=O)[C@@]3(O)CC[C@H]4[C@@H]5C[C@H](C)C6=CC(=O)C=C[C@]6(C)[C@H]5[C@@H](O)C[C@@]43C)C[C@]3(C)[C@@H]2CC[C@@]3(O)C(=O)COC(=O)CCC(=O)O)[C@]2(C)C=CC(=O)C=C12. The fourth-order valence-corrected chi connectivity index (χ4v) is 15.8. The van der Waals surface area contributed by atoms with Crippen LogP contribution in [0.4, 0.5) is 0 Å². The van der Waals surface area contributed by atoms with Crippen molar-refractivity contribution in [1.29, 1.82) is 0 Å². The van der Waals surface area contributed by atoms with Crippen LogP contribution >= 0.6 is 0 Å². The molecule has 67 heavy (non-hydrogen) atoms. The molecule has 6 fully saturated rings. The highest BCUT2D eigenvalue weighted by molar-refractivity contribution is 6.02. The molecule has 0 heterocycles. The number of rotatable bonds is 13. The molecule has 0 aromatic rings. The number of Topliss-reactive ketones (excluding diaryl/α,β-unsaturated/α-hetero) is 2. The van der Waals surface area contributed by atoms with Crippen LogP contribution in [0.2, 0.25) is 0 Å². The summed E-state index contributed by atoms with van der Waals surface area (Å²) in [5, 5.41) is 45.3. The summed E-state index contributed by atoms with van der Waals surface area (Å²) in [5.41, 5.74) is -5.38. The fourth-order valence-electron chi connectivity index (χ4n) is 15.8. The van der Waals surface area contributed by atoms with E-state index in [4.69, 9.17) is 19.3 Å². The van der Waals surface area contributed by atoms with Crippen LogP contribution in [-0.4, -0.2) is 104 Å². The van der Waals surface area contributed by atoms with Crippen molar-refractivity contribution in [2.45, 2.75) is 142 Å². The zero-order chi connectivity index (χ0) is 48.8. The first kappa shape index (κ1) is 48.8. The van der Waals surface area contributed by atoms with Gasteiger partial charge in [-0.25, -0.2) is 0 Å². The normalized spacial score (nSPS) is 43.5. The van der Waals surface area contributed by atoms with Crippen LogP contribution in [0.5, 0.6) is 0 Å². The van der Waals surface area contributed by atoms with Gasteiger partial charge >= 0.3 is 23.9 Å². The second kappa shape index (κ2) is 17.1. The molecule has 0 bridgehead atoms. The van der Waals surface area contributed by atoms with Crippen LogP contribution in [0.3, 0.4) is 0 Å². The molecule has 16 atom stereocenters. The second-order valence-corrected chi connectivity index (χ2v) is 22.3. The third-order valence-electron chi connectivity index (χ3n) is 18.9. The third kappa shape index (κ3) is 7.73. The molecule has 0 unspecified atom stereocenters. The van der Waals surface area contributed by atoms with Crippen molar-refractivity contribution in [3.63, 3.8) is 0 Å². The Bertz CT molecular complexity index is 2290. The summed E-state index contributed by atoms with van der Waals surface area (Å²) in [5.74, 6) is -6.46. The number of hydrogen-bond acceptors (Lipinski definition) is 14. The van der Waals surface area contributed by atoms with Crippen molar-refractivity contribution >= 4 is 47.0 Å². The molecule has 0 aromatic heterocycles. The fraction of sp³-hybridized carbons (Fsp3) is 0.692. The molecule has 15 nitrogen and oxygen atoms in total. The van der Waals surface area contributed by atoms with E-state index in [1.807, 2.05) is 32.9 Å². The molecule has 0 spiro atoms. The summed E-state index contributed by atoms with van der Waals surface area (Å²) >= 11 is 0. The Balaban J connectivity index is 0.935. The molecule has 364 valence electrons. The van der Waals surface area contributed by atoms with Crippen LogP contribution in [0, 0.1) is 69.0 Å². The molecule has 6 saturated carbocycles. The summed E-state index contributed by atoms with van der Waals surface area (Å²) in [6, 6.07) is 0. The van der Waals surface area contributed by atoms with Gasteiger partial charge in [-0.15, -0.1) is 0 Å². The Labute approximate surface area is 390 Å². The van der Waals surface area contributed by atoms with Crippen molar-refractivity contribution in [2.75, 3.05) is 13.2 Å². The molecule has 0 saturated heterocycles. The number of hydrogen-bond donors (Lipinski definition) is 4. The van der Waals surface area contributed by atoms with Crippen LogP contribution in [-0.2, 0) is 52.6 Å². The number of fused-ring (bicyclic) bond motifs is 10. The molecule has 0 radical (unpaired) electrons. The number of carboxylic acid groups (broad SMARTS) is 1. The maximum Gasteiger partial charge on any atom is 0.306 e. The zero-order valence-electron chi connectivity index (χ0n) is 39.4. The quantitative estimate of drug-likeness (QED) is 0.142. The van der Waals surface area contributed by atoms with Gasteiger partial charge < -0.3 is 34.6 Å². The zero-order valence-corrected chi connectivity index (χ0v) is 39.4. The van der Waals surface area contributed by atoms with Crippen molar-refractivity contribution in [1.82, 2.24) is 0 Å². The first-order chi connectivity index (χ1) is 31.3. The van der Waals surface area contributed by atoms with Gasteiger partial charge in [-0.3, -0.25) is 38.4 Å². The highest BCUT2D eigenvalue weighted by atomic mass is 16.6. The Kier molecular flexibility index (Phi) is 12.5. The van der Waals surface area contributed by atoms with Gasteiger partial charge in [0.1, 0.15) is 17.3 Å². The lowest BCUT2D eigenvalue weighted by atomic mass is 9.44. The molecule has 8 rings (SSSR count). The van der Waals surface area contributed by atoms with Crippen molar-refractivity contribution < 1.29 is 73.0 Å². The van der Waals surface area contributed by atoms with Gasteiger partial charge in [0.25, 0.3) is 0 Å². The van der Waals surface area contributed by atoms with Gasteiger partial charge in [-0.05, 0) is 111 Å². The lowest BCUT2D eigenvalue weighted by molar-refractivity contribution is -0.195. The standard InChI is InChI=1S/C52H66O15/c1-27-19-31-33-13-17-51(63,49(33,5)23-37(55)45(31)47(3)15-11-29(53)21-35(27)47)39(56)25-66-43(61)9-10-44(62)67-38-24-50(6)34(14-18-52(50,64)40(57)26-65-42(60)8-7-41(58)59)32-20-28(2)36-22-30(54)12-16-48(36,4)46(32)38/h11-12,15-16,21-22,27-28,31-34,37-38,45-46,55,63-64H,7-10,13-14,17-20,23-26H2,1-6H3,(H,58,59)/t27-,28+,31-,32+,33-,34+,37-,38+,45+,46-,47-,48+,49-,50+,51-,52+/m0/s1. The highest BCUT2D eigenvalue weighted by Gasteiger charge is 2.71. The minimum Gasteiger partial charge on any atom is -0.481 e. The first-order valence-corrected chi connectivity index (χ1v) is 24.2. The molecule has 4 N–H and O–H groups in total. The molecule has 8 aliphatic carbocycles. The van der Waals surface area contributed by atoms with E-state index in [0.29, 0.717) is 25.7 Å². The molecule has 15 heteroatoms. The molecular formula is C52H66O15. The lowest BCUT2D eigenvalue weighted by Crippen LogP contribution is -2.63. The number of carboxylic acids is 1. The van der Waals surface area contributed by atoms with Crippen molar-refractivity contribution in [2.24, 2.45) is 69.0 Å². The smallest absolute Gasteiger partial charge is 0.306 e. The van der Waals surface area contributed by atoms with E-state index in [9.17, 15) is 53.7 Å². The minimum absolute atomic E-state index is 0.0320. The number of carbonyl (C=O) groups excluding carboxylic acids is 7. The number of allylic oxidation sites excluding steroid dienone is 8. The van der Waals surface area contributed by atoms with E-state index < -0.39 is 119 Å². The van der Waals surface area contributed by atoms with Gasteiger partial charge in [-0.2, -0.15) is 0 Å². The molecular weight excluding hydrogens is 865 g/mol. The Morgan fingerprint density at radius 2 is 1.07 bits per heavy atom. The predicted octanol–water partition coefficient (Wildman–Crippen LogP) is 4.92. The molecule has 0 aliphatic heterocycles. The number of ether oxygens (including phenoxy) is 3. The number of carbonyl (C=O) groups is 8. The summed E-state index contributed by atoms with van der Waals surface area (Å²) < 4.78 is 16.8. The second-order valence-electron chi connectivity index (χ2n) is 22.3. The maximum atomic E-state index is 14.0. The summed E-state index contributed by atoms with van der Waals surface area (Å²) in [6.07, 6.45) is 9.26. The lowest BCUT2D eigenvalue weighted by Gasteiger charge is -2.61. The van der Waals surface area contributed by atoms with E-state index in [1.165, 1.54) is 6.08 Å². The Hall–Kier alpha value is -4.60. The molecule has 0 aromatic carbocycles. The van der Waals surface area contributed by atoms with Crippen LogP contribution in [0.1, 0.15) is 119 Å². The van der Waals surface area contributed by atoms with Crippen LogP contribution in [0.25, 0.3) is 0 Å². The third-order valence-corrected chi connectivity index (χ3v) is 18.9. The van der Waals surface area contributed by atoms with Crippen LogP contribution < -0.4 is 0 Å². The molecule has 0 amide bonds.